The van der Waals surface area contributed by atoms with Crippen molar-refractivity contribution in [1.29, 1.82) is 0 Å². The molecule has 0 aromatic heterocycles. The van der Waals surface area contributed by atoms with Crippen molar-refractivity contribution in [2.75, 3.05) is 12.4 Å². The van der Waals surface area contributed by atoms with E-state index in [0.717, 1.165) is 18.6 Å². The van der Waals surface area contributed by atoms with E-state index in [1.165, 1.54) is 6.42 Å². The van der Waals surface area contributed by atoms with Crippen LogP contribution < -0.4 is 5.73 Å². The van der Waals surface area contributed by atoms with Gasteiger partial charge in [-0.3, -0.25) is 0 Å². The lowest BCUT2D eigenvalue weighted by molar-refractivity contribution is 0.284. The van der Waals surface area contributed by atoms with Crippen molar-refractivity contribution in [3.05, 3.63) is 0 Å². The molecule has 1 atom stereocenters. The lowest BCUT2D eigenvalue weighted by Crippen LogP contribution is -2.22. The van der Waals surface area contributed by atoms with Gasteiger partial charge in [0, 0.05) is 6.61 Å². The number of aliphatic hydroxyl groups is 1. The van der Waals surface area contributed by atoms with Crippen LogP contribution in [0.4, 0.5) is 0 Å². The van der Waals surface area contributed by atoms with E-state index in [2.05, 4.69) is 13.8 Å². The van der Waals surface area contributed by atoms with Gasteiger partial charge in [0.2, 0.25) is 0 Å². The minimum Gasteiger partial charge on any atom is -0.396 e. The highest BCUT2D eigenvalue weighted by molar-refractivity contribution is 7.99. The highest BCUT2D eigenvalue weighted by Crippen LogP contribution is 2.15. The Kier molecular flexibility index (Phi) is 8.07. The summed E-state index contributed by atoms with van der Waals surface area (Å²) in [6, 6.07) is 0. The fourth-order valence-corrected chi connectivity index (χ4v) is 1.83. The number of nitrogens with two attached hydrogens (primary N) is 1. The lowest BCUT2D eigenvalue weighted by Gasteiger charge is -2.14. The molecular weight excluding hydrogens is 170 g/mol. The largest absolute Gasteiger partial charge is 0.396 e. The topological polar surface area (TPSA) is 46.2 Å². The van der Waals surface area contributed by atoms with Crippen LogP contribution in [0.2, 0.25) is 0 Å². The van der Waals surface area contributed by atoms with E-state index in [0.29, 0.717) is 12.5 Å². The van der Waals surface area contributed by atoms with Crippen LogP contribution in [-0.4, -0.2) is 22.8 Å². The van der Waals surface area contributed by atoms with E-state index >= 15 is 0 Å². The minimum atomic E-state index is 0.277. The molecule has 0 aromatic carbocycles. The number of rotatable bonds is 7. The van der Waals surface area contributed by atoms with E-state index in [-0.39, 0.29) is 5.37 Å². The maximum Gasteiger partial charge on any atom is 0.0530 e. The summed E-state index contributed by atoms with van der Waals surface area (Å²) in [7, 11) is 0. The first-order chi connectivity index (χ1) is 5.68. The molecule has 0 saturated heterocycles. The number of unbranched alkanes of at least 4 members (excludes halogenated alkanes) is 2. The zero-order valence-electron chi connectivity index (χ0n) is 8.12. The molecule has 0 aliphatic rings. The molecule has 0 saturated carbocycles. The summed E-state index contributed by atoms with van der Waals surface area (Å²) in [5.41, 5.74) is 5.84. The first-order valence-corrected chi connectivity index (χ1v) is 5.71. The molecule has 3 heteroatoms. The van der Waals surface area contributed by atoms with Crippen molar-refractivity contribution in [2.24, 2.45) is 11.7 Å². The molecule has 0 aromatic rings. The van der Waals surface area contributed by atoms with Crippen LogP contribution >= 0.6 is 11.8 Å². The van der Waals surface area contributed by atoms with Crippen LogP contribution in [0.5, 0.6) is 0 Å². The van der Waals surface area contributed by atoms with Crippen molar-refractivity contribution >= 4 is 11.8 Å². The van der Waals surface area contributed by atoms with Crippen LogP contribution in [0.25, 0.3) is 0 Å². The molecule has 1 unspecified atom stereocenters. The van der Waals surface area contributed by atoms with E-state index in [1.807, 2.05) is 11.8 Å². The predicted molar refractivity (Wildman–Crippen MR) is 56.2 cm³/mol. The second kappa shape index (κ2) is 7.90. The number of aliphatic hydroxyl groups excluding tert-OH is 1. The van der Waals surface area contributed by atoms with E-state index in [4.69, 9.17) is 10.8 Å². The monoisotopic (exact) mass is 191 g/mol. The van der Waals surface area contributed by atoms with E-state index in [9.17, 15) is 0 Å². The van der Waals surface area contributed by atoms with Crippen molar-refractivity contribution < 1.29 is 5.11 Å². The number of hydrogen-bond acceptors (Lipinski definition) is 3. The van der Waals surface area contributed by atoms with Crippen LogP contribution in [0.15, 0.2) is 0 Å². The predicted octanol–water partition coefficient (Wildman–Crippen LogP) is 1.82. The van der Waals surface area contributed by atoms with Gasteiger partial charge >= 0.3 is 0 Å². The molecular formula is C9H21NOS. The quantitative estimate of drug-likeness (QED) is 0.476. The zero-order valence-corrected chi connectivity index (χ0v) is 8.94. The summed E-state index contributed by atoms with van der Waals surface area (Å²) in [4.78, 5) is 0. The Bertz CT molecular complexity index is 98.5. The standard InChI is InChI=1S/C9H21NOS/c1-8(2)9(10)12-7-5-3-4-6-11/h8-9,11H,3-7,10H2,1-2H3. The third-order valence-electron chi connectivity index (χ3n) is 1.77. The highest BCUT2D eigenvalue weighted by Gasteiger charge is 2.06. The van der Waals surface area contributed by atoms with Gasteiger partial charge in [-0.05, 0) is 24.5 Å². The average Bonchev–Trinajstić information content (AvgIpc) is 2.03. The smallest absolute Gasteiger partial charge is 0.0530 e. The van der Waals surface area contributed by atoms with Gasteiger partial charge in [0.15, 0.2) is 0 Å². The van der Waals surface area contributed by atoms with Gasteiger partial charge < -0.3 is 10.8 Å². The third kappa shape index (κ3) is 6.95. The summed E-state index contributed by atoms with van der Waals surface area (Å²) in [5.74, 6) is 1.69. The van der Waals surface area contributed by atoms with Crippen molar-refractivity contribution in [1.82, 2.24) is 0 Å². The summed E-state index contributed by atoms with van der Waals surface area (Å²) < 4.78 is 0. The van der Waals surface area contributed by atoms with Crippen LogP contribution in [0.3, 0.4) is 0 Å². The Hall–Kier alpha value is 0.270. The molecule has 74 valence electrons. The zero-order chi connectivity index (χ0) is 9.40. The van der Waals surface area contributed by atoms with E-state index < -0.39 is 0 Å². The van der Waals surface area contributed by atoms with Gasteiger partial charge in [0.1, 0.15) is 0 Å². The van der Waals surface area contributed by atoms with E-state index in [1.54, 1.807) is 0 Å². The molecule has 0 heterocycles. The maximum atomic E-state index is 8.53. The third-order valence-corrected chi connectivity index (χ3v) is 3.22. The van der Waals surface area contributed by atoms with Gasteiger partial charge in [-0.15, -0.1) is 11.8 Å². The molecule has 0 aliphatic heterocycles. The highest BCUT2D eigenvalue weighted by atomic mass is 32.2. The molecule has 0 aliphatic carbocycles. The molecule has 0 bridgehead atoms. The number of hydrogen-bond donors (Lipinski definition) is 2. The van der Waals surface area contributed by atoms with Crippen molar-refractivity contribution in [3.63, 3.8) is 0 Å². The molecule has 0 amide bonds. The molecule has 0 fully saturated rings. The molecule has 12 heavy (non-hydrogen) atoms. The Labute approximate surface area is 79.9 Å². The normalized spacial score (nSPS) is 13.8. The second-order valence-electron chi connectivity index (χ2n) is 3.36. The van der Waals surface area contributed by atoms with Gasteiger partial charge in [0.25, 0.3) is 0 Å². The molecule has 0 rings (SSSR count). The fourth-order valence-electron chi connectivity index (χ4n) is 0.803. The average molecular weight is 191 g/mol. The maximum absolute atomic E-state index is 8.53. The van der Waals surface area contributed by atoms with Crippen molar-refractivity contribution in [2.45, 2.75) is 38.5 Å². The lowest BCUT2D eigenvalue weighted by atomic mass is 10.2. The van der Waals surface area contributed by atoms with Gasteiger partial charge in [-0.25, -0.2) is 0 Å². The van der Waals surface area contributed by atoms with Gasteiger partial charge in [0.05, 0.1) is 5.37 Å². The number of thioether (sulfide) groups is 1. The second-order valence-corrected chi connectivity index (χ2v) is 4.65. The van der Waals surface area contributed by atoms with Crippen molar-refractivity contribution in [3.8, 4) is 0 Å². The molecule has 2 nitrogen and oxygen atoms in total. The molecule has 0 radical (unpaired) electrons. The first-order valence-electron chi connectivity index (χ1n) is 4.66. The Morgan fingerprint density at radius 3 is 2.42 bits per heavy atom. The molecule has 3 N–H and O–H groups in total. The first kappa shape index (κ1) is 12.3. The van der Waals surface area contributed by atoms with Gasteiger partial charge in [-0.1, -0.05) is 20.3 Å². The Morgan fingerprint density at radius 1 is 1.25 bits per heavy atom. The summed E-state index contributed by atoms with van der Waals surface area (Å²) in [6.07, 6.45) is 3.22. The van der Waals surface area contributed by atoms with Gasteiger partial charge in [-0.2, -0.15) is 0 Å². The van der Waals surface area contributed by atoms with Crippen LogP contribution in [0.1, 0.15) is 33.1 Å². The van der Waals surface area contributed by atoms with Crippen LogP contribution in [-0.2, 0) is 0 Å². The summed E-state index contributed by atoms with van der Waals surface area (Å²) in [5, 5.41) is 8.81. The SMILES string of the molecule is CC(C)C(N)SCCCCCO. The Balaban J connectivity index is 3.08. The van der Waals surface area contributed by atoms with Crippen LogP contribution in [0, 0.1) is 5.92 Å². The Morgan fingerprint density at radius 2 is 1.92 bits per heavy atom. The summed E-state index contributed by atoms with van der Waals surface area (Å²) >= 11 is 1.83. The molecule has 0 spiro atoms. The fraction of sp³-hybridized carbons (Fsp3) is 1.00. The minimum absolute atomic E-state index is 0.277. The summed E-state index contributed by atoms with van der Waals surface area (Å²) in [6.45, 7) is 4.61.